The Balaban J connectivity index is 1.34. The van der Waals surface area contributed by atoms with Gasteiger partial charge in [-0.05, 0) is 30.9 Å². The summed E-state index contributed by atoms with van der Waals surface area (Å²) in [6, 6.07) is 18.4. The summed E-state index contributed by atoms with van der Waals surface area (Å²) in [5.74, 6) is -0.370. The number of rotatable bonds is 5. The molecule has 0 bridgehead atoms. The molecule has 2 aliphatic rings. The molecule has 1 aliphatic heterocycles. The fraction of sp³-hybridized carbons (Fsp3) is 0.375. The first-order chi connectivity index (χ1) is 19.7. The minimum Gasteiger partial charge on any atom is -0.387 e. The zero-order valence-corrected chi connectivity index (χ0v) is 23.5. The highest BCUT2D eigenvalue weighted by atomic mass is 16.3. The molecule has 1 atom stereocenters. The Bertz CT molecular complexity index is 1670. The summed E-state index contributed by atoms with van der Waals surface area (Å²) >= 11 is 0. The van der Waals surface area contributed by atoms with Gasteiger partial charge in [-0.3, -0.25) is 19.5 Å². The molecule has 6 rings (SSSR count). The van der Waals surface area contributed by atoms with Crippen LogP contribution in [0.25, 0.3) is 22.0 Å². The van der Waals surface area contributed by atoms with Crippen molar-refractivity contribution in [3.63, 3.8) is 0 Å². The number of aromatic amines is 1. The van der Waals surface area contributed by atoms with E-state index in [2.05, 4.69) is 10.2 Å². The molecule has 1 unspecified atom stereocenters. The molecule has 41 heavy (non-hydrogen) atoms. The molecule has 212 valence electrons. The van der Waals surface area contributed by atoms with Crippen LogP contribution in [0.1, 0.15) is 53.0 Å². The van der Waals surface area contributed by atoms with Gasteiger partial charge in [0.1, 0.15) is 0 Å². The molecule has 1 spiro atoms. The molecular formula is C32H35N5O4. The van der Waals surface area contributed by atoms with Gasteiger partial charge in [-0.25, -0.2) is 0 Å². The second-order valence-corrected chi connectivity index (χ2v) is 11.7. The predicted molar refractivity (Wildman–Crippen MR) is 157 cm³/mol. The van der Waals surface area contributed by atoms with Crippen LogP contribution in [0.2, 0.25) is 0 Å². The Morgan fingerprint density at radius 3 is 2.46 bits per heavy atom. The van der Waals surface area contributed by atoms with Crippen LogP contribution in [-0.4, -0.2) is 74.3 Å². The number of carbonyl (C=O) groups is 2. The molecule has 9 nitrogen and oxygen atoms in total. The van der Waals surface area contributed by atoms with Crippen LogP contribution in [0.15, 0.2) is 71.7 Å². The topological polar surface area (TPSA) is 112 Å². The third kappa shape index (κ3) is 4.64. The maximum atomic E-state index is 13.7. The molecule has 2 N–H and O–H groups in total. The quantitative estimate of drug-likeness (QED) is 0.389. The third-order valence-corrected chi connectivity index (χ3v) is 9.08. The van der Waals surface area contributed by atoms with Crippen molar-refractivity contribution in [2.75, 3.05) is 27.2 Å². The number of para-hydroxylation sites is 1. The number of likely N-dealkylation sites (tertiary alicyclic amines) is 1. The van der Waals surface area contributed by atoms with Gasteiger partial charge in [0.05, 0.1) is 23.2 Å². The lowest BCUT2D eigenvalue weighted by molar-refractivity contribution is -0.135. The molecule has 9 heteroatoms. The summed E-state index contributed by atoms with van der Waals surface area (Å²) in [6.07, 6.45) is 5.33. The molecular weight excluding hydrogens is 518 g/mol. The van der Waals surface area contributed by atoms with Crippen molar-refractivity contribution in [1.29, 1.82) is 0 Å². The fourth-order valence-corrected chi connectivity index (χ4v) is 6.79. The van der Waals surface area contributed by atoms with Gasteiger partial charge >= 0.3 is 0 Å². The number of aliphatic hydroxyl groups is 1. The number of amides is 2. The first kappa shape index (κ1) is 27.0. The molecule has 2 aromatic carbocycles. The Kier molecular flexibility index (Phi) is 6.77. The van der Waals surface area contributed by atoms with Crippen molar-refractivity contribution in [3.8, 4) is 11.1 Å². The summed E-state index contributed by atoms with van der Waals surface area (Å²) in [7, 11) is 3.37. The van der Waals surface area contributed by atoms with Crippen molar-refractivity contribution in [1.82, 2.24) is 24.6 Å². The number of piperidine rings is 1. The molecule has 2 fully saturated rings. The van der Waals surface area contributed by atoms with E-state index in [1.807, 2.05) is 59.5 Å². The van der Waals surface area contributed by atoms with Gasteiger partial charge in [0.2, 0.25) is 0 Å². The lowest BCUT2D eigenvalue weighted by atomic mass is 9.65. The van der Waals surface area contributed by atoms with Gasteiger partial charge in [0, 0.05) is 55.8 Å². The zero-order valence-electron chi connectivity index (χ0n) is 23.5. The van der Waals surface area contributed by atoms with E-state index in [1.165, 1.54) is 15.5 Å². The molecule has 2 aromatic heterocycles. The molecule has 3 heterocycles. The average Bonchev–Trinajstić information content (AvgIpc) is 3.63. The Morgan fingerprint density at radius 1 is 1.02 bits per heavy atom. The molecule has 1 aliphatic carbocycles. The summed E-state index contributed by atoms with van der Waals surface area (Å²) in [4.78, 5) is 43.7. The second-order valence-electron chi connectivity index (χ2n) is 11.7. The smallest absolute Gasteiger partial charge is 0.275 e. The van der Waals surface area contributed by atoms with Gasteiger partial charge in [0.25, 0.3) is 17.4 Å². The maximum Gasteiger partial charge on any atom is 0.275 e. The Hall–Kier alpha value is -4.24. The molecule has 4 aromatic rings. The van der Waals surface area contributed by atoms with E-state index in [0.717, 1.165) is 42.1 Å². The lowest BCUT2D eigenvalue weighted by Crippen LogP contribution is -2.62. The van der Waals surface area contributed by atoms with Crippen LogP contribution in [-0.2, 0) is 6.54 Å². The average molecular weight is 554 g/mol. The monoisotopic (exact) mass is 553 g/mol. The number of nitrogens with one attached hydrogen (secondary N) is 1. The van der Waals surface area contributed by atoms with Crippen molar-refractivity contribution >= 4 is 22.7 Å². The number of hydrogen-bond acceptors (Lipinski definition) is 5. The summed E-state index contributed by atoms with van der Waals surface area (Å²) in [5.41, 5.74) is 0.899. The standard InChI is InChI=1S/C32H35N5O4/c1-35(2)29(39)25-19-37(27(38)18-24(25)22-10-4-3-5-11-22)21-32(41)16-17-36(20-31(32)14-8-9-15-31)30(40)28-23-12-6-7-13-26(23)33-34-28/h3-7,10-13,18-19,41H,8-9,14-17,20-21H2,1-2H3,(H,33,34). The van der Waals surface area contributed by atoms with Crippen molar-refractivity contribution in [3.05, 3.63) is 88.5 Å². The number of pyridine rings is 1. The minimum absolute atomic E-state index is 0.0575. The van der Waals surface area contributed by atoms with Crippen molar-refractivity contribution < 1.29 is 14.7 Å². The number of nitrogens with zero attached hydrogens (tertiary/aromatic N) is 4. The van der Waals surface area contributed by atoms with E-state index in [0.29, 0.717) is 36.3 Å². The zero-order chi connectivity index (χ0) is 28.8. The number of H-pyrrole nitrogens is 1. The Morgan fingerprint density at radius 2 is 1.73 bits per heavy atom. The molecule has 1 saturated carbocycles. The lowest BCUT2D eigenvalue weighted by Gasteiger charge is -2.52. The van der Waals surface area contributed by atoms with Crippen molar-refractivity contribution in [2.45, 2.75) is 44.2 Å². The third-order valence-electron chi connectivity index (χ3n) is 9.08. The van der Waals surface area contributed by atoms with Crippen molar-refractivity contribution in [2.24, 2.45) is 5.41 Å². The van der Waals surface area contributed by atoms with Gasteiger partial charge in [-0.15, -0.1) is 0 Å². The second kappa shape index (κ2) is 10.3. The van der Waals surface area contributed by atoms with Gasteiger partial charge in [0.15, 0.2) is 5.69 Å². The number of benzene rings is 2. The minimum atomic E-state index is -1.22. The van der Waals surface area contributed by atoms with Crippen LogP contribution in [0, 0.1) is 5.41 Å². The van der Waals surface area contributed by atoms with E-state index < -0.39 is 11.0 Å². The van der Waals surface area contributed by atoms with Crippen LogP contribution in [0.3, 0.4) is 0 Å². The summed E-state index contributed by atoms with van der Waals surface area (Å²) < 4.78 is 1.49. The predicted octanol–water partition coefficient (Wildman–Crippen LogP) is 3.93. The van der Waals surface area contributed by atoms with Crippen LogP contribution >= 0.6 is 0 Å². The first-order valence-corrected chi connectivity index (χ1v) is 14.2. The highest BCUT2D eigenvalue weighted by molar-refractivity contribution is 6.04. The van der Waals surface area contributed by atoms with Gasteiger partial charge in [-0.2, -0.15) is 5.10 Å². The number of fused-ring (bicyclic) bond motifs is 1. The number of aromatic nitrogens is 3. The SMILES string of the molecule is CN(C)C(=O)c1cn(CC2(O)CCN(C(=O)c3n[nH]c4ccccc34)CC23CCCC3)c(=O)cc1-c1ccccc1. The summed E-state index contributed by atoms with van der Waals surface area (Å²) in [6.45, 7) is 0.796. The maximum absolute atomic E-state index is 13.7. The van der Waals surface area contributed by atoms with E-state index in [-0.39, 0.29) is 23.9 Å². The van der Waals surface area contributed by atoms with E-state index in [9.17, 15) is 19.5 Å². The van der Waals surface area contributed by atoms with Gasteiger partial charge in [-0.1, -0.05) is 61.4 Å². The van der Waals surface area contributed by atoms with E-state index >= 15 is 0 Å². The number of carbonyl (C=O) groups excluding carboxylic acids is 2. The van der Waals surface area contributed by atoms with E-state index in [4.69, 9.17) is 0 Å². The molecule has 0 radical (unpaired) electrons. The van der Waals surface area contributed by atoms with E-state index in [1.54, 1.807) is 20.3 Å². The summed E-state index contributed by atoms with van der Waals surface area (Å²) in [5, 5.41) is 20.4. The van der Waals surface area contributed by atoms with Crippen LogP contribution in [0.5, 0.6) is 0 Å². The van der Waals surface area contributed by atoms with Crippen LogP contribution < -0.4 is 5.56 Å². The fourth-order valence-electron chi connectivity index (χ4n) is 6.79. The molecule has 1 saturated heterocycles. The number of hydrogen-bond donors (Lipinski definition) is 2. The Labute approximate surface area is 238 Å². The first-order valence-electron chi connectivity index (χ1n) is 14.2. The van der Waals surface area contributed by atoms with Gasteiger partial charge < -0.3 is 19.5 Å². The normalized spacial score (nSPS) is 20.0. The molecule has 2 amide bonds. The largest absolute Gasteiger partial charge is 0.387 e. The highest BCUT2D eigenvalue weighted by Crippen LogP contribution is 2.51. The highest BCUT2D eigenvalue weighted by Gasteiger charge is 2.55. The van der Waals surface area contributed by atoms with Crippen LogP contribution in [0.4, 0.5) is 0 Å².